The molecular formula is C16H13FO3. The van der Waals surface area contributed by atoms with Gasteiger partial charge in [-0.1, -0.05) is 30.3 Å². The molecule has 2 aromatic carbocycles. The Hall–Kier alpha value is -2.62. The number of carbonyl (C=O) groups excluding carboxylic acids is 1. The van der Waals surface area contributed by atoms with Crippen LogP contribution in [0.2, 0.25) is 0 Å². The molecule has 0 aliphatic rings. The molecule has 0 aliphatic heterocycles. The molecule has 0 saturated carbocycles. The Morgan fingerprint density at radius 2 is 1.75 bits per heavy atom. The van der Waals surface area contributed by atoms with Crippen molar-refractivity contribution in [1.29, 1.82) is 0 Å². The van der Waals surface area contributed by atoms with E-state index in [0.29, 0.717) is 18.0 Å². The second kappa shape index (κ2) is 7.09. The fourth-order valence-electron chi connectivity index (χ4n) is 1.61. The second-order valence-electron chi connectivity index (χ2n) is 3.92. The first kappa shape index (κ1) is 13.8. The van der Waals surface area contributed by atoms with E-state index < -0.39 is 0 Å². The largest absolute Gasteiger partial charge is 0.464 e. The normalized spacial score (nSPS) is 10.9. The van der Waals surface area contributed by atoms with Crippen molar-refractivity contribution in [2.24, 2.45) is 0 Å². The lowest BCUT2D eigenvalue weighted by Gasteiger charge is -2.10. The Labute approximate surface area is 116 Å². The minimum Gasteiger partial charge on any atom is -0.464 e. The zero-order chi connectivity index (χ0) is 14.2. The fraction of sp³-hybridized carbons (Fsp3) is 0.0625. The number of ether oxygens (including phenoxy) is 2. The highest BCUT2D eigenvalue weighted by Gasteiger charge is 2.04. The Kier molecular flexibility index (Phi) is 4.89. The summed E-state index contributed by atoms with van der Waals surface area (Å²) in [6.45, 7) is 0.478. The van der Waals surface area contributed by atoms with Crippen molar-refractivity contribution in [3.05, 3.63) is 72.1 Å². The first-order chi connectivity index (χ1) is 9.79. The van der Waals surface area contributed by atoms with Crippen LogP contribution in [0.4, 0.5) is 4.39 Å². The Morgan fingerprint density at radius 1 is 1.05 bits per heavy atom. The molecule has 2 aromatic rings. The Morgan fingerprint density at radius 3 is 2.40 bits per heavy atom. The summed E-state index contributed by atoms with van der Waals surface area (Å²) in [5.74, 6) is 0.721. The van der Waals surface area contributed by atoms with Gasteiger partial charge in [0.15, 0.2) is 0 Å². The molecule has 4 heteroatoms. The molecule has 102 valence electrons. The zero-order valence-corrected chi connectivity index (χ0v) is 10.7. The summed E-state index contributed by atoms with van der Waals surface area (Å²) in [6, 6.07) is 15.1. The van der Waals surface area contributed by atoms with Crippen LogP contribution in [0.15, 0.2) is 60.7 Å². The van der Waals surface area contributed by atoms with Crippen molar-refractivity contribution in [2.75, 3.05) is 6.61 Å². The molecule has 0 saturated heterocycles. The Balaban J connectivity index is 2.20. The van der Waals surface area contributed by atoms with Gasteiger partial charge in [-0.05, 0) is 30.3 Å². The van der Waals surface area contributed by atoms with Crippen molar-refractivity contribution in [2.45, 2.75) is 0 Å². The maximum atomic E-state index is 12.9. The third-order valence-electron chi connectivity index (χ3n) is 2.53. The minimum atomic E-state index is -0.327. The summed E-state index contributed by atoms with van der Waals surface area (Å²) >= 11 is 0. The molecule has 0 heterocycles. The van der Waals surface area contributed by atoms with Gasteiger partial charge >= 0.3 is 0 Å². The van der Waals surface area contributed by atoms with Crippen LogP contribution in [0.3, 0.4) is 0 Å². The summed E-state index contributed by atoms with van der Waals surface area (Å²) in [5.41, 5.74) is 0.839. The van der Waals surface area contributed by atoms with Gasteiger partial charge in [0.2, 0.25) is 0 Å². The average molecular weight is 272 g/mol. The monoisotopic (exact) mass is 272 g/mol. The number of hydrogen-bond donors (Lipinski definition) is 0. The molecule has 0 amide bonds. The van der Waals surface area contributed by atoms with E-state index in [9.17, 15) is 9.18 Å². The molecule has 0 radical (unpaired) electrons. The number of carbonyl (C=O) groups is 1. The van der Waals surface area contributed by atoms with Crippen LogP contribution in [0.5, 0.6) is 5.75 Å². The van der Waals surface area contributed by atoms with Gasteiger partial charge in [-0.2, -0.15) is 0 Å². The molecular weight excluding hydrogens is 259 g/mol. The molecule has 20 heavy (non-hydrogen) atoms. The quantitative estimate of drug-likeness (QED) is 0.459. The summed E-state index contributed by atoms with van der Waals surface area (Å²) in [6.07, 6.45) is 1.65. The van der Waals surface area contributed by atoms with Crippen LogP contribution >= 0.6 is 0 Å². The van der Waals surface area contributed by atoms with Gasteiger partial charge in [0.1, 0.15) is 23.9 Å². The maximum Gasteiger partial charge on any atom is 0.293 e. The van der Waals surface area contributed by atoms with E-state index in [1.807, 2.05) is 30.3 Å². The van der Waals surface area contributed by atoms with Crippen molar-refractivity contribution in [3.8, 4) is 5.75 Å². The van der Waals surface area contributed by atoms with Gasteiger partial charge in [0.05, 0.1) is 0 Å². The van der Waals surface area contributed by atoms with E-state index in [1.165, 1.54) is 24.3 Å². The first-order valence-corrected chi connectivity index (χ1v) is 6.04. The fourth-order valence-corrected chi connectivity index (χ4v) is 1.61. The molecule has 0 aliphatic carbocycles. The van der Waals surface area contributed by atoms with E-state index in [2.05, 4.69) is 4.74 Å². The zero-order valence-electron chi connectivity index (χ0n) is 10.7. The van der Waals surface area contributed by atoms with Crippen molar-refractivity contribution in [3.63, 3.8) is 0 Å². The third kappa shape index (κ3) is 3.95. The first-order valence-electron chi connectivity index (χ1n) is 6.04. The van der Waals surface area contributed by atoms with Gasteiger partial charge in [0, 0.05) is 5.56 Å². The standard InChI is InChI=1S/C16H13FO3/c17-14-6-8-15(9-7-14)20-16(10-11-19-12-18)13-4-2-1-3-5-13/h1-10,12H,11H2. The van der Waals surface area contributed by atoms with Gasteiger partial charge in [0.25, 0.3) is 6.47 Å². The number of benzene rings is 2. The van der Waals surface area contributed by atoms with Crippen LogP contribution in [-0.4, -0.2) is 13.1 Å². The topological polar surface area (TPSA) is 35.5 Å². The molecule has 3 nitrogen and oxygen atoms in total. The summed E-state index contributed by atoms with van der Waals surface area (Å²) in [5, 5.41) is 0. The number of hydrogen-bond acceptors (Lipinski definition) is 3. The number of rotatable bonds is 6. The van der Waals surface area contributed by atoms with Crippen LogP contribution in [0, 0.1) is 5.82 Å². The molecule has 0 spiro atoms. The highest BCUT2D eigenvalue weighted by atomic mass is 19.1. The lowest BCUT2D eigenvalue weighted by Crippen LogP contribution is -1.98. The minimum absolute atomic E-state index is 0.106. The van der Waals surface area contributed by atoms with Gasteiger partial charge in [-0.25, -0.2) is 4.39 Å². The van der Waals surface area contributed by atoms with E-state index in [4.69, 9.17) is 4.74 Å². The second-order valence-corrected chi connectivity index (χ2v) is 3.92. The molecule has 0 atom stereocenters. The lowest BCUT2D eigenvalue weighted by atomic mass is 10.2. The predicted octanol–water partition coefficient (Wildman–Crippen LogP) is 3.42. The smallest absolute Gasteiger partial charge is 0.293 e. The summed E-state index contributed by atoms with van der Waals surface area (Å²) in [4.78, 5) is 10.2. The van der Waals surface area contributed by atoms with E-state index in [1.54, 1.807) is 6.08 Å². The third-order valence-corrected chi connectivity index (χ3v) is 2.53. The van der Waals surface area contributed by atoms with Gasteiger partial charge in [-0.3, -0.25) is 4.79 Å². The SMILES string of the molecule is O=COCC=C(Oc1ccc(F)cc1)c1ccccc1. The molecule has 0 bridgehead atoms. The Bertz CT molecular complexity index is 576. The van der Waals surface area contributed by atoms with E-state index in [0.717, 1.165) is 5.56 Å². The molecule has 0 aromatic heterocycles. The lowest BCUT2D eigenvalue weighted by molar-refractivity contribution is -0.127. The van der Waals surface area contributed by atoms with Crippen LogP contribution < -0.4 is 4.74 Å². The van der Waals surface area contributed by atoms with Crippen molar-refractivity contribution >= 4 is 12.2 Å². The van der Waals surface area contributed by atoms with Crippen LogP contribution in [0.25, 0.3) is 5.76 Å². The molecule has 0 fully saturated rings. The molecule has 0 N–H and O–H groups in total. The average Bonchev–Trinajstić information content (AvgIpc) is 2.49. The van der Waals surface area contributed by atoms with Crippen molar-refractivity contribution < 1.29 is 18.7 Å². The van der Waals surface area contributed by atoms with Gasteiger partial charge in [-0.15, -0.1) is 0 Å². The van der Waals surface area contributed by atoms with E-state index in [-0.39, 0.29) is 12.4 Å². The number of halogens is 1. The predicted molar refractivity (Wildman–Crippen MR) is 73.5 cm³/mol. The summed E-state index contributed by atoms with van der Waals surface area (Å²) < 4.78 is 23.2. The van der Waals surface area contributed by atoms with E-state index >= 15 is 0 Å². The highest BCUT2D eigenvalue weighted by molar-refractivity contribution is 5.62. The summed E-state index contributed by atoms with van der Waals surface area (Å²) in [7, 11) is 0. The molecule has 0 unspecified atom stereocenters. The van der Waals surface area contributed by atoms with Crippen LogP contribution in [-0.2, 0) is 9.53 Å². The maximum absolute atomic E-state index is 12.9. The highest BCUT2D eigenvalue weighted by Crippen LogP contribution is 2.21. The molecule has 2 rings (SSSR count). The van der Waals surface area contributed by atoms with Crippen LogP contribution in [0.1, 0.15) is 5.56 Å². The van der Waals surface area contributed by atoms with Crippen molar-refractivity contribution in [1.82, 2.24) is 0 Å². The van der Waals surface area contributed by atoms with Gasteiger partial charge < -0.3 is 9.47 Å².